The second-order valence-corrected chi connectivity index (χ2v) is 8.90. The Hall–Kier alpha value is -1.62. The van der Waals surface area contributed by atoms with Crippen LogP contribution in [0.4, 0.5) is 10.6 Å². The Balaban J connectivity index is 1.90. The van der Waals surface area contributed by atoms with E-state index in [9.17, 15) is 4.79 Å². The molecule has 0 radical (unpaired) electrons. The molecule has 0 aromatic carbocycles. The van der Waals surface area contributed by atoms with Crippen molar-refractivity contribution >= 4 is 11.9 Å². The van der Waals surface area contributed by atoms with Gasteiger partial charge >= 0.3 is 6.09 Å². The molecule has 1 aliphatic heterocycles. The van der Waals surface area contributed by atoms with Crippen LogP contribution < -0.4 is 4.90 Å². The van der Waals surface area contributed by atoms with Crippen LogP contribution in [0.1, 0.15) is 84.2 Å². The average molecular weight is 374 g/mol. The minimum atomic E-state index is -0.505. The maximum Gasteiger partial charge on any atom is 0.416 e. The molecule has 150 valence electrons. The van der Waals surface area contributed by atoms with Gasteiger partial charge in [-0.05, 0) is 78.5 Å². The third-order valence-electron chi connectivity index (χ3n) is 5.60. The van der Waals surface area contributed by atoms with Crippen molar-refractivity contribution in [3.05, 3.63) is 23.9 Å². The highest BCUT2D eigenvalue weighted by molar-refractivity contribution is 5.88. The van der Waals surface area contributed by atoms with Gasteiger partial charge in [0.2, 0.25) is 0 Å². The van der Waals surface area contributed by atoms with Crippen molar-refractivity contribution in [2.45, 2.75) is 90.3 Å². The summed E-state index contributed by atoms with van der Waals surface area (Å²) in [7, 11) is 0. The van der Waals surface area contributed by atoms with E-state index in [0.29, 0.717) is 6.04 Å². The van der Waals surface area contributed by atoms with Crippen molar-refractivity contribution in [3.8, 4) is 0 Å². The molecule has 1 aromatic rings. The molecule has 2 heterocycles. The summed E-state index contributed by atoms with van der Waals surface area (Å²) in [6.45, 7) is 10.3. The first-order valence-electron chi connectivity index (χ1n) is 10.6. The Morgan fingerprint density at radius 3 is 2.70 bits per heavy atom. The Labute approximate surface area is 164 Å². The fraction of sp³-hybridized carbons (Fsp3) is 0.727. The molecule has 0 spiro atoms. The monoisotopic (exact) mass is 373 g/mol. The molecule has 1 aliphatic carbocycles. The van der Waals surface area contributed by atoms with Gasteiger partial charge < -0.3 is 4.74 Å². The highest BCUT2D eigenvalue weighted by atomic mass is 16.6. The lowest BCUT2D eigenvalue weighted by molar-refractivity contribution is 0.0547. The maximum atomic E-state index is 13.1. The predicted octanol–water partition coefficient (Wildman–Crippen LogP) is 5.31. The van der Waals surface area contributed by atoms with Crippen LogP contribution in [0.3, 0.4) is 0 Å². The van der Waals surface area contributed by atoms with E-state index < -0.39 is 5.60 Å². The fourth-order valence-electron chi connectivity index (χ4n) is 4.04. The van der Waals surface area contributed by atoms with Gasteiger partial charge in [0.15, 0.2) is 0 Å². The second kappa shape index (κ2) is 8.59. The summed E-state index contributed by atoms with van der Waals surface area (Å²) < 4.78 is 5.75. The SMILES string of the molecule is CCCCN1CCC[C@H]1c1cccnc1N(C(=O)OC(C)(C)C)C1CCC1. The molecule has 0 bridgehead atoms. The number of unbranched alkanes of at least 4 members (excludes halogenated alkanes) is 1. The van der Waals surface area contributed by atoms with Gasteiger partial charge in [0.1, 0.15) is 11.4 Å². The molecule has 0 unspecified atom stereocenters. The van der Waals surface area contributed by atoms with E-state index in [1.165, 1.54) is 24.8 Å². The molecule has 5 heteroatoms. The minimum absolute atomic E-state index is 0.207. The normalized spacial score (nSPS) is 21.1. The lowest BCUT2D eigenvalue weighted by atomic mass is 9.91. The van der Waals surface area contributed by atoms with E-state index in [-0.39, 0.29) is 12.1 Å². The van der Waals surface area contributed by atoms with Crippen LogP contribution in [-0.4, -0.2) is 40.7 Å². The standard InChI is InChI=1S/C22H35N3O2/c1-5-6-15-24-16-9-13-19(24)18-12-8-14-23-20(18)25(17-10-7-11-17)21(26)27-22(2,3)4/h8,12,14,17,19H,5-7,9-11,13,15-16H2,1-4H3/t19-/m0/s1. The molecule has 0 N–H and O–H groups in total. The van der Waals surface area contributed by atoms with E-state index in [2.05, 4.69) is 17.9 Å². The Kier molecular flexibility index (Phi) is 6.40. The van der Waals surface area contributed by atoms with Crippen LogP contribution in [-0.2, 0) is 4.74 Å². The van der Waals surface area contributed by atoms with Crippen LogP contribution in [0, 0.1) is 0 Å². The summed E-state index contributed by atoms with van der Waals surface area (Å²) in [6, 6.07) is 4.72. The average Bonchev–Trinajstić information content (AvgIpc) is 3.02. The quantitative estimate of drug-likeness (QED) is 0.678. The van der Waals surface area contributed by atoms with Crippen LogP contribution in [0.5, 0.6) is 0 Å². The van der Waals surface area contributed by atoms with E-state index in [1.54, 1.807) is 6.20 Å². The van der Waals surface area contributed by atoms with E-state index in [0.717, 1.165) is 44.6 Å². The van der Waals surface area contributed by atoms with Crippen molar-refractivity contribution in [1.29, 1.82) is 0 Å². The number of hydrogen-bond acceptors (Lipinski definition) is 4. The predicted molar refractivity (Wildman–Crippen MR) is 109 cm³/mol. The van der Waals surface area contributed by atoms with Crippen molar-refractivity contribution in [2.75, 3.05) is 18.0 Å². The van der Waals surface area contributed by atoms with Gasteiger partial charge in [-0.2, -0.15) is 0 Å². The van der Waals surface area contributed by atoms with E-state index in [4.69, 9.17) is 9.72 Å². The minimum Gasteiger partial charge on any atom is -0.443 e. The third kappa shape index (κ3) is 4.81. The van der Waals surface area contributed by atoms with Gasteiger partial charge in [-0.3, -0.25) is 9.80 Å². The third-order valence-corrected chi connectivity index (χ3v) is 5.60. The molecule has 1 atom stereocenters. The Bertz CT molecular complexity index is 637. The van der Waals surface area contributed by atoms with Crippen LogP contribution in [0.25, 0.3) is 0 Å². The number of amides is 1. The number of pyridine rings is 1. The van der Waals surface area contributed by atoms with Crippen molar-refractivity contribution in [1.82, 2.24) is 9.88 Å². The lowest BCUT2D eigenvalue weighted by Crippen LogP contribution is -2.48. The second-order valence-electron chi connectivity index (χ2n) is 8.90. The number of ether oxygens (including phenoxy) is 1. The van der Waals surface area contributed by atoms with Crippen molar-refractivity contribution in [3.63, 3.8) is 0 Å². The van der Waals surface area contributed by atoms with Gasteiger partial charge in [0.25, 0.3) is 0 Å². The molecule has 2 fully saturated rings. The fourth-order valence-corrected chi connectivity index (χ4v) is 4.04. The summed E-state index contributed by atoms with van der Waals surface area (Å²) in [4.78, 5) is 22.2. The van der Waals surface area contributed by atoms with E-state index >= 15 is 0 Å². The molecule has 27 heavy (non-hydrogen) atoms. The first-order valence-corrected chi connectivity index (χ1v) is 10.6. The van der Waals surface area contributed by atoms with Crippen molar-refractivity contribution in [2.24, 2.45) is 0 Å². The van der Waals surface area contributed by atoms with Crippen LogP contribution in [0.15, 0.2) is 18.3 Å². The highest BCUT2D eigenvalue weighted by Gasteiger charge is 2.37. The first kappa shape index (κ1) is 20.1. The smallest absolute Gasteiger partial charge is 0.416 e. The van der Waals surface area contributed by atoms with Gasteiger partial charge in [0.05, 0.1) is 0 Å². The highest BCUT2D eigenvalue weighted by Crippen LogP contribution is 2.39. The zero-order chi connectivity index (χ0) is 19.4. The Morgan fingerprint density at radius 2 is 2.07 bits per heavy atom. The van der Waals surface area contributed by atoms with Crippen LogP contribution in [0.2, 0.25) is 0 Å². The largest absolute Gasteiger partial charge is 0.443 e. The summed E-state index contributed by atoms with van der Waals surface area (Å²) in [5.74, 6) is 0.810. The number of hydrogen-bond donors (Lipinski definition) is 0. The summed E-state index contributed by atoms with van der Waals surface area (Å²) in [5, 5.41) is 0. The number of carbonyl (C=O) groups is 1. The number of rotatable bonds is 6. The molecule has 3 rings (SSSR count). The first-order chi connectivity index (χ1) is 12.9. The number of carbonyl (C=O) groups excluding carboxylic acids is 1. The molecular weight excluding hydrogens is 338 g/mol. The topological polar surface area (TPSA) is 45.7 Å². The molecule has 1 aromatic heterocycles. The number of nitrogens with zero attached hydrogens (tertiary/aromatic N) is 3. The zero-order valence-electron chi connectivity index (χ0n) is 17.4. The number of aromatic nitrogens is 1. The molecular formula is C22H35N3O2. The summed E-state index contributed by atoms with van der Waals surface area (Å²) >= 11 is 0. The van der Waals surface area contributed by atoms with Gasteiger partial charge in [0, 0.05) is 23.8 Å². The lowest BCUT2D eigenvalue weighted by Gasteiger charge is -2.39. The molecule has 2 aliphatic rings. The summed E-state index contributed by atoms with van der Waals surface area (Å²) in [6.07, 6.45) is 9.52. The zero-order valence-corrected chi connectivity index (χ0v) is 17.4. The van der Waals surface area contributed by atoms with Crippen LogP contribution >= 0.6 is 0 Å². The van der Waals surface area contributed by atoms with Gasteiger partial charge in [-0.25, -0.2) is 9.78 Å². The Morgan fingerprint density at radius 1 is 1.30 bits per heavy atom. The van der Waals surface area contributed by atoms with E-state index in [1.807, 2.05) is 31.7 Å². The molecule has 1 saturated heterocycles. The number of likely N-dealkylation sites (tertiary alicyclic amines) is 1. The summed E-state index contributed by atoms with van der Waals surface area (Å²) in [5.41, 5.74) is 0.679. The number of anilines is 1. The molecule has 5 nitrogen and oxygen atoms in total. The molecule has 1 saturated carbocycles. The van der Waals surface area contributed by atoms with Gasteiger partial charge in [-0.15, -0.1) is 0 Å². The van der Waals surface area contributed by atoms with Gasteiger partial charge in [-0.1, -0.05) is 19.4 Å². The van der Waals surface area contributed by atoms with Crippen molar-refractivity contribution < 1.29 is 9.53 Å². The maximum absolute atomic E-state index is 13.1. The molecule has 1 amide bonds.